The van der Waals surface area contributed by atoms with Crippen molar-refractivity contribution in [3.63, 3.8) is 0 Å². The Balaban J connectivity index is 4.04. The first kappa shape index (κ1) is 17.4. The summed E-state index contributed by atoms with van der Waals surface area (Å²) in [7, 11) is 0. The first-order valence-electron chi connectivity index (χ1n) is 6.74. The number of carbonyl (C=O) groups is 2. The maximum absolute atomic E-state index is 11.9. The lowest BCUT2D eigenvalue weighted by Crippen LogP contribution is -2.36. The number of ketones is 1. The quantitative estimate of drug-likeness (QED) is 0.320. The molecule has 1 amide bonds. The zero-order chi connectivity index (χ0) is 14.8. The summed E-state index contributed by atoms with van der Waals surface area (Å²) in [6, 6.07) is 0. The number of nitrogens with zero attached hydrogens (tertiary/aromatic N) is 1. The van der Waals surface area contributed by atoms with Crippen molar-refractivity contribution in [2.45, 2.75) is 40.0 Å². The summed E-state index contributed by atoms with van der Waals surface area (Å²) < 4.78 is 0. The Morgan fingerprint density at radius 2 is 1.89 bits per heavy atom. The number of aliphatic imine (C=N–C) groups is 1. The van der Waals surface area contributed by atoms with Crippen LogP contribution in [0, 0.1) is 11.8 Å². The van der Waals surface area contributed by atoms with Crippen LogP contribution < -0.4 is 16.8 Å². The second kappa shape index (κ2) is 9.35. The fraction of sp³-hybridized carbons (Fsp3) is 0.769. The minimum absolute atomic E-state index is 0.0451. The molecule has 1 atom stereocenters. The summed E-state index contributed by atoms with van der Waals surface area (Å²) in [5.74, 6) is -0.0960. The van der Waals surface area contributed by atoms with Gasteiger partial charge in [0.1, 0.15) is 0 Å². The van der Waals surface area contributed by atoms with Crippen LogP contribution in [0.2, 0.25) is 0 Å². The van der Waals surface area contributed by atoms with Gasteiger partial charge in [-0.1, -0.05) is 20.8 Å². The average molecular weight is 270 g/mol. The van der Waals surface area contributed by atoms with E-state index in [0.29, 0.717) is 6.54 Å². The first-order valence-corrected chi connectivity index (χ1v) is 6.74. The molecule has 0 heterocycles. The molecule has 0 aliphatic rings. The van der Waals surface area contributed by atoms with E-state index >= 15 is 0 Å². The molecular formula is C13H26N4O2. The molecule has 0 rings (SSSR count). The van der Waals surface area contributed by atoms with E-state index in [0.717, 1.165) is 19.3 Å². The van der Waals surface area contributed by atoms with Gasteiger partial charge in [0.2, 0.25) is 5.91 Å². The highest BCUT2D eigenvalue weighted by molar-refractivity contribution is 5.87. The van der Waals surface area contributed by atoms with E-state index in [1.807, 2.05) is 20.8 Å². The van der Waals surface area contributed by atoms with Gasteiger partial charge >= 0.3 is 0 Å². The lowest BCUT2D eigenvalue weighted by atomic mass is 9.99. The van der Waals surface area contributed by atoms with Crippen LogP contribution in [-0.4, -0.2) is 30.7 Å². The molecule has 0 aliphatic carbocycles. The Kier molecular flexibility index (Phi) is 8.57. The Morgan fingerprint density at radius 1 is 1.26 bits per heavy atom. The Morgan fingerprint density at radius 3 is 2.37 bits per heavy atom. The first-order chi connectivity index (χ1) is 8.88. The van der Waals surface area contributed by atoms with E-state index < -0.39 is 0 Å². The molecule has 0 bridgehead atoms. The standard InChI is InChI=1S/C13H26N4O2/c1-4-10(6-5-7-16-13(14)15)12(19)17-8-11(18)9(2)3/h9-10H,4-8H2,1-3H3,(H,17,19)(H4,14,15,16). The molecular weight excluding hydrogens is 244 g/mol. The largest absolute Gasteiger partial charge is 0.370 e. The summed E-state index contributed by atoms with van der Waals surface area (Å²) in [4.78, 5) is 27.2. The third kappa shape index (κ3) is 8.18. The number of rotatable bonds is 9. The van der Waals surface area contributed by atoms with Crippen LogP contribution in [0.1, 0.15) is 40.0 Å². The number of nitrogens with one attached hydrogen (secondary N) is 1. The van der Waals surface area contributed by atoms with Gasteiger partial charge in [0.15, 0.2) is 11.7 Å². The van der Waals surface area contributed by atoms with E-state index in [9.17, 15) is 9.59 Å². The second-order valence-electron chi connectivity index (χ2n) is 4.89. The number of hydrogen-bond donors (Lipinski definition) is 3. The van der Waals surface area contributed by atoms with Crippen molar-refractivity contribution in [1.82, 2.24) is 5.32 Å². The fourth-order valence-corrected chi connectivity index (χ4v) is 1.59. The van der Waals surface area contributed by atoms with Crippen molar-refractivity contribution in [1.29, 1.82) is 0 Å². The van der Waals surface area contributed by atoms with Crippen LogP contribution in [0.15, 0.2) is 4.99 Å². The minimum atomic E-state index is -0.0887. The second-order valence-corrected chi connectivity index (χ2v) is 4.89. The molecule has 0 radical (unpaired) electrons. The molecule has 5 N–H and O–H groups in total. The number of hydrogen-bond acceptors (Lipinski definition) is 3. The van der Waals surface area contributed by atoms with Gasteiger partial charge in [-0.15, -0.1) is 0 Å². The van der Waals surface area contributed by atoms with Crippen molar-refractivity contribution >= 4 is 17.6 Å². The predicted octanol–water partition coefficient (Wildman–Crippen LogP) is 0.408. The van der Waals surface area contributed by atoms with Crippen LogP contribution in [0.4, 0.5) is 0 Å². The summed E-state index contributed by atoms with van der Waals surface area (Å²) in [6.45, 7) is 6.23. The van der Waals surface area contributed by atoms with Crippen LogP contribution in [-0.2, 0) is 9.59 Å². The molecule has 110 valence electrons. The fourth-order valence-electron chi connectivity index (χ4n) is 1.59. The molecule has 0 saturated heterocycles. The summed E-state index contributed by atoms with van der Waals surface area (Å²) in [5.41, 5.74) is 10.4. The Labute approximate surface area is 115 Å². The molecule has 6 nitrogen and oxygen atoms in total. The number of guanidine groups is 1. The van der Waals surface area contributed by atoms with Crippen molar-refractivity contribution in [3.8, 4) is 0 Å². The third-order valence-corrected chi connectivity index (χ3v) is 2.95. The molecule has 19 heavy (non-hydrogen) atoms. The van der Waals surface area contributed by atoms with Crippen molar-refractivity contribution < 1.29 is 9.59 Å². The van der Waals surface area contributed by atoms with Crippen LogP contribution in [0.5, 0.6) is 0 Å². The average Bonchev–Trinajstić information content (AvgIpc) is 2.35. The lowest BCUT2D eigenvalue weighted by molar-refractivity contribution is -0.129. The Bertz CT molecular complexity index is 323. The third-order valence-electron chi connectivity index (χ3n) is 2.95. The molecule has 0 aromatic carbocycles. The number of nitrogens with two attached hydrogens (primary N) is 2. The number of carbonyl (C=O) groups excluding carboxylic acids is 2. The summed E-state index contributed by atoms with van der Waals surface area (Å²) >= 11 is 0. The lowest BCUT2D eigenvalue weighted by Gasteiger charge is -2.14. The van der Waals surface area contributed by atoms with Gasteiger partial charge in [0.25, 0.3) is 0 Å². The molecule has 0 aliphatic heterocycles. The maximum atomic E-state index is 11.9. The van der Waals surface area contributed by atoms with E-state index in [2.05, 4.69) is 10.3 Å². The van der Waals surface area contributed by atoms with Gasteiger partial charge in [-0.2, -0.15) is 0 Å². The van der Waals surface area contributed by atoms with E-state index in [4.69, 9.17) is 11.5 Å². The van der Waals surface area contributed by atoms with Crippen molar-refractivity contribution in [2.75, 3.05) is 13.1 Å². The normalized spacial score (nSPS) is 12.0. The van der Waals surface area contributed by atoms with Crippen LogP contribution in [0.25, 0.3) is 0 Å². The molecule has 0 fully saturated rings. The zero-order valence-electron chi connectivity index (χ0n) is 12.1. The highest BCUT2D eigenvalue weighted by atomic mass is 16.2. The predicted molar refractivity (Wildman–Crippen MR) is 76.5 cm³/mol. The number of Topliss-reactive ketones (excluding diaryl/α,β-unsaturated/α-hetero) is 1. The van der Waals surface area contributed by atoms with E-state index in [1.165, 1.54) is 0 Å². The molecule has 0 aromatic rings. The SMILES string of the molecule is CCC(CCCN=C(N)N)C(=O)NCC(=O)C(C)C. The highest BCUT2D eigenvalue weighted by Gasteiger charge is 2.17. The van der Waals surface area contributed by atoms with Crippen molar-refractivity contribution in [3.05, 3.63) is 0 Å². The van der Waals surface area contributed by atoms with Crippen LogP contribution in [0.3, 0.4) is 0 Å². The molecule has 0 saturated carbocycles. The Hall–Kier alpha value is -1.59. The van der Waals surface area contributed by atoms with E-state index in [-0.39, 0.29) is 36.0 Å². The summed E-state index contributed by atoms with van der Waals surface area (Å²) in [6.07, 6.45) is 2.21. The maximum Gasteiger partial charge on any atom is 0.223 e. The molecule has 0 spiro atoms. The molecule has 6 heteroatoms. The van der Waals surface area contributed by atoms with E-state index in [1.54, 1.807) is 0 Å². The zero-order valence-corrected chi connectivity index (χ0v) is 12.1. The highest BCUT2D eigenvalue weighted by Crippen LogP contribution is 2.11. The summed E-state index contributed by atoms with van der Waals surface area (Å²) in [5, 5.41) is 2.69. The van der Waals surface area contributed by atoms with Gasteiger partial charge in [-0.05, 0) is 19.3 Å². The van der Waals surface area contributed by atoms with Gasteiger partial charge in [-0.25, -0.2) is 0 Å². The molecule has 0 aromatic heterocycles. The van der Waals surface area contributed by atoms with Gasteiger partial charge in [0, 0.05) is 18.4 Å². The smallest absolute Gasteiger partial charge is 0.223 e. The molecule has 1 unspecified atom stereocenters. The topological polar surface area (TPSA) is 111 Å². The minimum Gasteiger partial charge on any atom is -0.370 e. The van der Waals surface area contributed by atoms with Gasteiger partial charge in [-0.3, -0.25) is 14.6 Å². The van der Waals surface area contributed by atoms with Crippen LogP contribution >= 0.6 is 0 Å². The monoisotopic (exact) mass is 270 g/mol. The van der Waals surface area contributed by atoms with Gasteiger partial charge < -0.3 is 16.8 Å². The van der Waals surface area contributed by atoms with Crippen molar-refractivity contribution in [2.24, 2.45) is 28.3 Å². The number of amides is 1. The van der Waals surface area contributed by atoms with Gasteiger partial charge in [0.05, 0.1) is 6.54 Å².